The molecule has 0 aromatic carbocycles. The number of nitrogens with zero attached hydrogens (tertiary/aromatic N) is 4. The van der Waals surface area contributed by atoms with Crippen molar-refractivity contribution in [2.45, 2.75) is 13.8 Å². The lowest BCUT2D eigenvalue weighted by Gasteiger charge is -2.36. The van der Waals surface area contributed by atoms with Gasteiger partial charge >= 0.3 is 12.1 Å². The summed E-state index contributed by atoms with van der Waals surface area (Å²) in [6, 6.07) is -0.367. The number of piperazine rings is 1. The van der Waals surface area contributed by atoms with Crippen molar-refractivity contribution in [3.63, 3.8) is 0 Å². The number of aliphatic imine (C=N–C) groups is 1. The largest absolute Gasteiger partial charge is 0.450 e. The molecule has 0 aromatic heterocycles. The van der Waals surface area contributed by atoms with Gasteiger partial charge in [-0.25, -0.2) is 9.59 Å². The van der Waals surface area contributed by atoms with E-state index in [9.17, 15) is 14.4 Å². The Morgan fingerprint density at radius 2 is 1.88 bits per heavy atom. The van der Waals surface area contributed by atoms with Crippen molar-refractivity contribution in [1.82, 2.24) is 25.3 Å². The van der Waals surface area contributed by atoms with E-state index in [4.69, 9.17) is 4.74 Å². The van der Waals surface area contributed by atoms with Crippen LogP contribution in [0.15, 0.2) is 4.99 Å². The lowest BCUT2D eigenvalue weighted by Crippen LogP contribution is -2.54. The van der Waals surface area contributed by atoms with E-state index in [1.165, 1.54) is 4.90 Å². The minimum Gasteiger partial charge on any atom is -0.450 e. The van der Waals surface area contributed by atoms with Crippen LogP contribution in [0.5, 0.6) is 0 Å². The Morgan fingerprint density at radius 1 is 1.20 bits per heavy atom. The summed E-state index contributed by atoms with van der Waals surface area (Å²) in [6.07, 6.45) is -0.289. The van der Waals surface area contributed by atoms with E-state index in [1.54, 1.807) is 11.8 Å². The normalized spacial score (nSPS) is 18.5. The van der Waals surface area contributed by atoms with Crippen molar-refractivity contribution in [2.75, 3.05) is 59.0 Å². The topological polar surface area (TPSA) is 107 Å². The number of rotatable bonds is 5. The van der Waals surface area contributed by atoms with Crippen LogP contribution in [-0.4, -0.2) is 97.7 Å². The summed E-state index contributed by atoms with van der Waals surface area (Å²) in [4.78, 5) is 44.2. The lowest BCUT2D eigenvalue weighted by molar-refractivity contribution is -0.124. The molecule has 0 radical (unpaired) electrons. The number of carbonyl (C=O) groups is 3. The minimum atomic E-state index is -0.367. The molecule has 10 nitrogen and oxygen atoms in total. The maximum atomic E-state index is 11.7. The number of hydrogen-bond acceptors (Lipinski definition) is 5. The zero-order chi connectivity index (χ0) is 18.2. The quantitative estimate of drug-likeness (QED) is 0.383. The van der Waals surface area contributed by atoms with E-state index in [0.29, 0.717) is 45.9 Å². The molecule has 2 fully saturated rings. The third-order valence-electron chi connectivity index (χ3n) is 3.96. The molecule has 0 saturated carbocycles. The van der Waals surface area contributed by atoms with Gasteiger partial charge in [0.1, 0.15) is 0 Å². The molecule has 0 bridgehead atoms. The SMILES string of the molecule is CCNC(=NCCN1C(=O)CNC1=O)N1CCN(C(=O)OCC)CC1. The number of hydrogen-bond donors (Lipinski definition) is 2. The van der Waals surface area contributed by atoms with E-state index < -0.39 is 0 Å². The molecule has 0 atom stereocenters. The summed E-state index contributed by atoms with van der Waals surface area (Å²) in [7, 11) is 0. The molecule has 0 aromatic rings. The Bertz CT molecular complexity index is 514. The summed E-state index contributed by atoms with van der Waals surface area (Å²) in [6.45, 7) is 7.90. The predicted octanol–water partition coefficient (Wildman–Crippen LogP) is -0.722. The second-order valence-corrected chi connectivity index (χ2v) is 5.61. The van der Waals surface area contributed by atoms with Gasteiger partial charge in [-0.2, -0.15) is 0 Å². The molecule has 10 heteroatoms. The van der Waals surface area contributed by atoms with Gasteiger partial charge in [-0.1, -0.05) is 0 Å². The average molecular weight is 354 g/mol. The second-order valence-electron chi connectivity index (χ2n) is 5.61. The van der Waals surface area contributed by atoms with Gasteiger partial charge in [0.25, 0.3) is 0 Å². The molecule has 4 amide bonds. The van der Waals surface area contributed by atoms with Crippen molar-refractivity contribution < 1.29 is 19.1 Å². The van der Waals surface area contributed by atoms with Crippen LogP contribution < -0.4 is 10.6 Å². The monoisotopic (exact) mass is 354 g/mol. The number of amides is 4. The van der Waals surface area contributed by atoms with Crippen LogP contribution in [0.3, 0.4) is 0 Å². The molecule has 0 unspecified atom stereocenters. The van der Waals surface area contributed by atoms with Gasteiger partial charge in [0.15, 0.2) is 5.96 Å². The Labute approximate surface area is 147 Å². The summed E-state index contributed by atoms with van der Waals surface area (Å²) >= 11 is 0. The number of ether oxygens (including phenoxy) is 1. The van der Waals surface area contributed by atoms with Gasteiger partial charge in [0.05, 0.1) is 26.2 Å². The highest BCUT2D eigenvalue weighted by Crippen LogP contribution is 2.05. The van der Waals surface area contributed by atoms with Crippen LogP contribution in [-0.2, 0) is 9.53 Å². The standard InChI is InChI=1S/C15H26N6O4/c1-3-16-13(17-5-6-21-12(22)11-18-14(21)23)19-7-9-20(10-8-19)15(24)25-4-2/h3-11H2,1-2H3,(H,16,17)(H,18,23). The molecule has 2 rings (SSSR count). The van der Waals surface area contributed by atoms with Crippen LogP contribution in [0.4, 0.5) is 9.59 Å². The third-order valence-corrected chi connectivity index (χ3v) is 3.96. The fourth-order valence-corrected chi connectivity index (χ4v) is 2.68. The molecule has 0 spiro atoms. The Balaban J connectivity index is 1.86. The first kappa shape index (κ1) is 18.8. The minimum absolute atomic E-state index is 0.0540. The number of imide groups is 1. The van der Waals surface area contributed by atoms with E-state index in [-0.39, 0.29) is 31.1 Å². The molecule has 2 heterocycles. The first-order chi connectivity index (χ1) is 12.1. The van der Waals surface area contributed by atoms with Gasteiger partial charge in [0, 0.05) is 32.7 Å². The summed E-state index contributed by atoms with van der Waals surface area (Å²) < 4.78 is 5.01. The highest BCUT2D eigenvalue weighted by atomic mass is 16.6. The Morgan fingerprint density at radius 3 is 2.44 bits per heavy atom. The molecular formula is C15H26N6O4. The van der Waals surface area contributed by atoms with Crippen LogP contribution in [0.2, 0.25) is 0 Å². The molecule has 2 aliphatic rings. The zero-order valence-corrected chi connectivity index (χ0v) is 14.8. The van der Waals surface area contributed by atoms with Crippen molar-refractivity contribution in [3.8, 4) is 0 Å². The second kappa shape index (κ2) is 9.09. The number of nitrogens with one attached hydrogen (secondary N) is 2. The van der Waals surface area contributed by atoms with Crippen molar-refractivity contribution in [3.05, 3.63) is 0 Å². The predicted molar refractivity (Wildman–Crippen MR) is 91.3 cm³/mol. The summed E-state index contributed by atoms with van der Waals surface area (Å²) in [5.41, 5.74) is 0. The highest BCUT2D eigenvalue weighted by Gasteiger charge is 2.28. The van der Waals surface area contributed by atoms with Crippen molar-refractivity contribution >= 4 is 24.0 Å². The first-order valence-electron chi connectivity index (χ1n) is 8.60. The van der Waals surface area contributed by atoms with Gasteiger partial charge < -0.3 is 25.2 Å². The molecule has 2 saturated heterocycles. The molecule has 2 N–H and O–H groups in total. The molecule has 2 aliphatic heterocycles. The van der Waals surface area contributed by atoms with E-state index in [2.05, 4.69) is 20.5 Å². The number of guanidine groups is 1. The smallest absolute Gasteiger partial charge is 0.409 e. The average Bonchev–Trinajstić information content (AvgIpc) is 2.93. The van der Waals surface area contributed by atoms with Crippen LogP contribution in [0, 0.1) is 0 Å². The molecule has 140 valence electrons. The molecular weight excluding hydrogens is 328 g/mol. The van der Waals surface area contributed by atoms with E-state index >= 15 is 0 Å². The zero-order valence-electron chi connectivity index (χ0n) is 14.8. The molecule has 0 aliphatic carbocycles. The van der Waals surface area contributed by atoms with Crippen molar-refractivity contribution in [1.29, 1.82) is 0 Å². The molecule has 25 heavy (non-hydrogen) atoms. The maximum absolute atomic E-state index is 11.7. The van der Waals surface area contributed by atoms with E-state index in [0.717, 1.165) is 5.96 Å². The fraction of sp³-hybridized carbons (Fsp3) is 0.733. The van der Waals surface area contributed by atoms with Crippen LogP contribution in [0.25, 0.3) is 0 Å². The maximum Gasteiger partial charge on any atom is 0.409 e. The van der Waals surface area contributed by atoms with Gasteiger partial charge in [-0.05, 0) is 13.8 Å². The Hall–Kier alpha value is -2.52. The van der Waals surface area contributed by atoms with Crippen LogP contribution in [0.1, 0.15) is 13.8 Å². The lowest BCUT2D eigenvalue weighted by atomic mass is 10.3. The Kier molecular flexibility index (Phi) is 6.84. The highest BCUT2D eigenvalue weighted by molar-refractivity contribution is 6.01. The van der Waals surface area contributed by atoms with Gasteiger partial charge in [0.2, 0.25) is 5.91 Å². The van der Waals surface area contributed by atoms with E-state index in [1.807, 2.05) is 6.92 Å². The first-order valence-corrected chi connectivity index (χ1v) is 8.60. The number of urea groups is 1. The fourth-order valence-electron chi connectivity index (χ4n) is 2.68. The summed E-state index contributed by atoms with van der Waals surface area (Å²) in [5, 5.41) is 5.69. The van der Waals surface area contributed by atoms with Crippen molar-refractivity contribution in [2.24, 2.45) is 4.99 Å². The third kappa shape index (κ3) is 4.97. The van der Waals surface area contributed by atoms with Gasteiger partial charge in [-0.15, -0.1) is 0 Å². The summed E-state index contributed by atoms with van der Waals surface area (Å²) in [5.74, 6) is 0.492. The number of carbonyl (C=O) groups excluding carboxylic acids is 3. The van der Waals surface area contributed by atoms with Crippen LogP contribution >= 0.6 is 0 Å². The van der Waals surface area contributed by atoms with Gasteiger partial charge in [-0.3, -0.25) is 14.7 Å².